The summed E-state index contributed by atoms with van der Waals surface area (Å²) in [6.07, 6.45) is 17.9. The summed E-state index contributed by atoms with van der Waals surface area (Å²) in [6.45, 7) is 8.28. The fraction of sp³-hybridized carbons (Fsp3) is 0.562. The van der Waals surface area contributed by atoms with Crippen molar-refractivity contribution in [1.82, 2.24) is 29.5 Å². The van der Waals surface area contributed by atoms with Crippen LogP contribution in [0.15, 0.2) is 37.2 Å². The summed E-state index contributed by atoms with van der Waals surface area (Å²) in [4.78, 5) is 45.3. The Balaban J connectivity index is 0.000000180. The molecular weight excluding hydrogens is 544 g/mol. The normalized spacial score (nSPS) is 16.8. The SMILES string of the molecule is C[Si](C)(C)CCOCn1ccc2c(C(=O)C3CCCCC3)ncnc21.O=C(c1ncnc2[nH]ccc12)C1CCCCC1. The van der Waals surface area contributed by atoms with Crippen molar-refractivity contribution in [3.63, 3.8) is 0 Å². The van der Waals surface area contributed by atoms with E-state index in [0.717, 1.165) is 86.1 Å². The Bertz CT molecular complexity index is 1490. The van der Waals surface area contributed by atoms with E-state index in [1.54, 1.807) is 6.20 Å². The van der Waals surface area contributed by atoms with Crippen LogP contribution in [0, 0.1) is 11.8 Å². The fourth-order valence-corrected chi connectivity index (χ4v) is 6.79. The van der Waals surface area contributed by atoms with E-state index in [0.29, 0.717) is 18.1 Å². The number of carbonyl (C=O) groups excluding carboxylic acids is 2. The highest BCUT2D eigenvalue weighted by atomic mass is 28.3. The van der Waals surface area contributed by atoms with Gasteiger partial charge in [0, 0.05) is 49.7 Å². The average molecular weight is 589 g/mol. The van der Waals surface area contributed by atoms with E-state index in [9.17, 15) is 9.59 Å². The molecule has 42 heavy (non-hydrogen) atoms. The fourth-order valence-electron chi connectivity index (χ4n) is 6.03. The van der Waals surface area contributed by atoms with E-state index in [1.807, 2.05) is 22.9 Å². The number of H-pyrrole nitrogens is 1. The zero-order valence-electron chi connectivity index (χ0n) is 25.3. The minimum absolute atomic E-state index is 0.128. The molecule has 9 nitrogen and oxygen atoms in total. The van der Waals surface area contributed by atoms with Crippen LogP contribution >= 0.6 is 0 Å². The van der Waals surface area contributed by atoms with E-state index in [-0.39, 0.29) is 23.4 Å². The van der Waals surface area contributed by atoms with Crippen molar-refractivity contribution in [2.24, 2.45) is 11.8 Å². The number of rotatable bonds is 9. The monoisotopic (exact) mass is 588 g/mol. The van der Waals surface area contributed by atoms with Crippen molar-refractivity contribution in [1.29, 1.82) is 0 Å². The smallest absolute Gasteiger partial charge is 0.185 e. The molecule has 2 fully saturated rings. The van der Waals surface area contributed by atoms with E-state index in [2.05, 4.69) is 44.6 Å². The van der Waals surface area contributed by atoms with Gasteiger partial charge in [0.25, 0.3) is 0 Å². The van der Waals surface area contributed by atoms with Crippen LogP contribution in [0.4, 0.5) is 0 Å². The molecule has 0 amide bonds. The van der Waals surface area contributed by atoms with Gasteiger partial charge < -0.3 is 14.3 Å². The Morgan fingerprint density at radius 2 is 1.43 bits per heavy atom. The molecule has 4 aromatic heterocycles. The molecule has 0 aromatic carbocycles. The van der Waals surface area contributed by atoms with Crippen molar-refractivity contribution in [2.45, 2.75) is 96.6 Å². The first-order chi connectivity index (χ1) is 20.3. The first-order valence-corrected chi connectivity index (χ1v) is 19.3. The van der Waals surface area contributed by atoms with Crippen molar-refractivity contribution in [3.05, 3.63) is 48.6 Å². The molecule has 4 aromatic rings. The van der Waals surface area contributed by atoms with E-state index in [1.165, 1.54) is 25.5 Å². The van der Waals surface area contributed by atoms with Gasteiger partial charge in [-0.2, -0.15) is 0 Å². The molecule has 6 rings (SSSR count). The number of fused-ring (bicyclic) bond motifs is 2. The number of ketones is 2. The van der Waals surface area contributed by atoms with Gasteiger partial charge >= 0.3 is 0 Å². The Hall–Kier alpha value is -3.24. The second-order valence-electron chi connectivity index (χ2n) is 13.0. The van der Waals surface area contributed by atoms with Gasteiger partial charge in [-0.3, -0.25) is 9.59 Å². The molecule has 0 spiro atoms. The number of nitrogens with zero attached hydrogens (tertiary/aromatic N) is 5. The Labute approximate surface area is 248 Å². The van der Waals surface area contributed by atoms with E-state index >= 15 is 0 Å². The first-order valence-electron chi connectivity index (χ1n) is 15.6. The van der Waals surface area contributed by atoms with E-state index < -0.39 is 8.07 Å². The Kier molecular flexibility index (Phi) is 9.94. The number of hydrogen-bond donors (Lipinski definition) is 1. The molecule has 224 valence electrons. The predicted octanol–water partition coefficient (Wildman–Crippen LogP) is 7.23. The maximum Gasteiger partial charge on any atom is 0.185 e. The highest BCUT2D eigenvalue weighted by Crippen LogP contribution is 2.29. The van der Waals surface area contributed by atoms with Gasteiger partial charge in [-0.1, -0.05) is 58.2 Å². The lowest BCUT2D eigenvalue weighted by molar-refractivity contribution is 0.0878. The number of hydrogen-bond acceptors (Lipinski definition) is 7. The van der Waals surface area contributed by atoms with Crippen molar-refractivity contribution < 1.29 is 14.3 Å². The van der Waals surface area contributed by atoms with Gasteiger partial charge in [0.2, 0.25) is 0 Å². The lowest BCUT2D eigenvalue weighted by Crippen LogP contribution is -2.22. The summed E-state index contributed by atoms with van der Waals surface area (Å²) in [6, 6.07) is 4.98. The van der Waals surface area contributed by atoms with Gasteiger partial charge in [0.05, 0.1) is 0 Å². The van der Waals surface area contributed by atoms with Crippen molar-refractivity contribution >= 4 is 41.7 Å². The minimum atomic E-state index is -1.08. The Morgan fingerprint density at radius 1 is 0.833 bits per heavy atom. The molecule has 0 bridgehead atoms. The number of Topliss-reactive ketones (excluding diaryl/α,β-unsaturated/α-hetero) is 2. The third kappa shape index (κ3) is 7.39. The number of carbonyl (C=O) groups is 2. The summed E-state index contributed by atoms with van der Waals surface area (Å²) in [5.74, 6) is 0.668. The molecule has 2 aliphatic rings. The number of aromatic nitrogens is 6. The average Bonchev–Trinajstić information content (AvgIpc) is 3.67. The standard InChI is InChI=1S/C19H29N3O2Si.C13H15N3O/c1-25(2,3)12-11-24-14-22-10-9-16-17(20-13-21-19(16)22)18(23)15-7-5-4-6-8-15;17-12(9-4-2-1-3-5-9)11-10-6-7-14-13(10)16-8-15-11/h9-10,13,15H,4-8,11-12,14H2,1-3H3;6-9H,1-5H2,(H,14,15,16). The molecule has 0 atom stereocenters. The van der Waals surface area contributed by atoms with Crippen LogP contribution in [-0.2, 0) is 11.5 Å². The summed E-state index contributed by atoms with van der Waals surface area (Å²) in [7, 11) is -1.08. The van der Waals surface area contributed by atoms with Crippen LogP contribution in [0.5, 0.6) is 0 Å². The molecule has 1 N–H and O–H groups in total. The van der Waals surface area contributed by atoms with Gasteiger partial charge in [-0.25, -0.2) is 19.9 Å². The lowest BCUT2D eigenvalue weighted by Gasteiger charge is -2.20. The molecule has 0 unspecified atom stereocenters. The van der Waals surface area contributed by atoms with Crippen LogP contribution < -0.4 is 0 Å². The maximum absolute atomic E-state index is 12.9. The third-order valence-electron chi connectivity index (χ3n) is 8.56. The van der Waals surface area contributed by atoms with Crippen LogP contribution in [-0.4, -0.2) is 55.7 Å². The molecule has 0 radical (unpaired) electrons. The second-order valence-corrected chi connectivity index (χ2v) is 18.6. The molecule has 2 aliphatic carbocycles. The predicted molar refractivity (Wildman–Crippen MR) is 167 cm³/mol. The first kappa shape index (κ1) is 30.2. The topological polar surface area (TPSA) is 116 Å². The Morgan fingerprint density at radius 3 is 2.05 bits per heavy atom. The van der Waals surface area contributed by atoms with Crippen molar-refractivity contribution in [3.8, 4) is 0 Å². The van der Waals surface area contributed by atoms with Gasteiger partial charge in [0.15, 0.2) is 11.6 Å². The summed E-state index contributed by atoms with van der Waals surface area (Å²) in [5, 5.41) is 1.70. The largest absolute Gasteiger partial charge is 0.361 e. The zero-order chi connectivity index (χ0) is 29.5. The number of aromatic amines is 1. The highest BCUT2D eigenvalue weighted by molar-refractivity contribution is 6.76. The van der Waals surface area contributed by atoms with Crippen LogP contribution in [0.2, 0.25) is 25.7 Å². The zero-order valence-corrected chi connectivity index (χ0v) is 26.3. The summed E-state index contributed by atoms with van der Waals surface area (Å²) < 4.78 is 7.80. The van der Waals surface area contributed by atoms with Gasteiger partial charge in [-0.15, -0.1) is 0 Å². The van der Waals surface area contributed by atoms with Gasteiger partial charge in [0.1, 0.15) is 42.1 Å². The van der Waals surface area contributed by atoms with Crippen molar-refractivity contribution in [2.75, 3.05) is 6.61 Å². The molecule has 0 saturated heterocycles. The van der Waals surface area contributed by atoms with Crippen LogP contribution in [0.1, 0.15) is 85.2 Å². The van der Waals surface area contributed by atoms with Gasteiger partial charge in [-0.05, 0) is 43.9 Å². The van der Waals surface area contributed by atoms with E-state index in [4.69, 9.17) is 4.74 Å². The quantitative estimate of drug-likeness (QED) is 0.125. The maximum atomic E-state index is 12.9. The molecule has 2 saturated carbocycles. The highest BCUT2D eigenvalue weighted by Gasteiger charge is 2.26. The number of ether oxygens (including phenoxy) is 1. The summed E-state index contributed by atoms with van der Waals surface area (Å²) >= 11 is 0. The molecule has 0 aliphatic heterocycles. The molecule has 10 heteroatoms. The molecular formula is C32H44N6O3Si. The number of nitrogens with one attached hydrogen (secondary N) is 1. The van der Waals surface area contributed by atoms with Crippen LogP contribution in [0.3, 0.4) is 0 Å². The lowest BCUT2D eigenvalue weighted by atomic mass is 9.85. The minimum Gasteiger partial charge on any atom is -0.361 e. The summed E-state index contributed by atoms with van der Waals surface area (Å²) in [5.41, 5.74) is 2.71. The second kappa shape index (κ2) is 13.8. The van der Waals surface area contributed by atoms with Crippen LogP contribution in [0.25, 0.3) is 22.1 Å². The third-order valence-corrected chi connectivity index (χ3v) is 10.3. The molecule has 4 heterocycles.